The maximum Gasteiger partial charge on any atom is 0.278 e. The highest BCUT2D eigenvalue weighted by Gasteiger charge is 2.20. The third-order valence-electron chi connectivity index (χ3n) is 8.89. The molecule has 24 heteroatoms. The first-order chi connectivity index (χ1) is 30.9. The second-order valence-corrected chi connectivity index (χ2v) is 15.7. The van der Waals surface area contributed by atoms with Crippen LogP contribution < -0.4 is 16.4 Å². The minimum Gasteiger partial charge on any atom is -0.273 e. The number of pyridine rings is 3. The average Bonchev–Trinajstić information content (AvgIpc) is 4.08. The number of para-hydroxylation sites is 3. The molecule has 0 saturated heterocycles. The van der Waals surface area contributed by atoms with Crippen LogP contribution in [0.5, 0.6) is 0 Å². The van der Waals surface area contributed by atoms with Crippen LogP contribution in [0.2, 0.25) is 15.1 Å². The van der Waals surface area contributed by atoms with Crippen molar-refractivity contribution in [1.82, 2.24) is 76.6 Å². The van der Waals surface area contributed by atoms with Gasteiger partial charge >= 0.3 is 0 Å². The van der Waals surface area contributed by atoms with Gasteiger partial charge in [-0.15, -0.1) is 15.3 Å². The number of benzene rings is 3. The molecule has 330 valence electrons. The number of rotatable bonds is 11. The molecule has 0 fully saturated rings. The van der Waals surface area contributed by atoms with Gasteiger partial charge in [-0.05, 0) is 93.9 Å². The van der Waals surface area contributed by atoms with E-state index in [1.807, 2.05) is 52.8 Å². The summed E-state index contributed by atoms with van der Waals surface area (Å²) in [5.41, 5.74) is 11.1. The predicted octanol–water partition coefficient (Wildman–Crippen LogP) is 6.25. The number of carbonyl (C=O) groups excluding carboxylic acids is 3. The molecule has 0 aliphatic carbocycles. The van der Waals surface area contributed by atoms with Crippen LogP contribution in [0.3, 0.4) is 0 Å². The van der Waals surface area contributed by atoms with Gasteiger partial charge in [0.15, 0.2) is 16.9 Å². The summed E-state index contributed by atoms with van der Waals surface area (Å²) in [6, 6.07) is 21.2. The molecule has 9 aromatic rings. The van der Waals surface area contributed by atoms with Crippen molar-refractivity contribution < 1.29 is 28.9 Å². The molecule has 3 amide bonds. The van der Waals surface area contributed by atoms with Crippen LogP contribution >= 0.6 is 34.8 Å². The number of nitrogens with one attached hydrogen (secondary N) is 3. The van der Waals surface area contributed by atoms with Gasteiger partial charge in [0.25, 0.3) is 17.7 Å². The molecule has 9 rings (SSSR count). The van der Waals surface area contributed by atoms with Crippen LogP contribution in [-0.4, -0.2) is 97.2 Å². The highest BCUT2D eigenvalue weighted by atomic mass is 35.5. The molecule has 21 nitrogen and oxygen atoms in total. The molecule has 0 bridgehead atoms. The molecule has 0 saturated carbocycles. The molecule has 3 N–H and O–H groups in total. The molecule has 0 radical (unpaired) electrons. The second-order valence-electron chi connectivity index (χ2n) is 14.5. The van der Waals surface area contributed by atoms with Gasteiger partial charge in [0, 0.05) is 16.2 Å². The molecule has 0 atom stereocenters. The van der Waals surface area contributed by atoms with Crippen molar-refractivity contribution in [3.63, 3.8) is 0 Å². The highest BCUT2D eigenvalue weighted by molar-refractivity contribution is 6.36. The van der Waals surface area contributed by atoms with Gasteiger partial charge in [-0.2, -0.15) is 13.5 Å². The number of hydrogen-bond acceptors (Lipinski definition) is 15. The van der Waals surface area contributed by atoms with Gasteiger partial charge in [0.05, 0.1) is 67.6 Å². The molecular formula is C40H38Cl3N15O6. The Balaban J connectivity index is 0.000000144. The molecule has 0 aliphatic heterocycles. The number of aromatic nitrogens is 12. The van der Waals surface area contributed by atoms with Crippen molar-refractivity contribution in [2.75, 3.05) is 13.2 Å². The zero-order chi connectivity index (χ0) is 45.5. The lowest BCUT2D eigenvalue weighted by Gasteiger charge is -2.10. The molecule has 6 heterocycles. The first-order valence-corrected chi connectivity index (χ1v) is 20.7. The molecule has 6 aromatic heterocycles. The number of tetrazole rings is 3. The van der Waals surface area contributed by atoms with E-state index in [0.29, 0.717) is 84.4 Å². The Morgan fingerprint density at radius 3 is 1.31 bits per heavy atom. The Morgan fingerprint density at radius 1 is 0.578 bits per heavy atom. The molecule has 64 heavy (non-hydrogen) atoms. The van der Waals surface area contributed by atoms with Crippen LogP contribution in [0, 0.1) is 5.92 Å². The van der Waals surface area contributed by atoms with Crippen molar-refractivity contribution in [2.24, 2.45) is 5.92 Å². The van der Waals surface area contributed by atoms with Gasteiger partial charge < -0.3 is 0 Å². The van der Waals surface area contributed by atoms with Crippen LogP contribution in [-0.2, 0) is 14.5 Å². The molecule has 0 spiro atoms. The SMILES string of the molecule is CC(C)CONC(=O)c1cc2cccc(Cl)c2n2nnnc12.CC(C)ONC(=O)c1cc2cccc(Cl)c2n2nnnc12.CCCONC(=O)c1cc2cccc(Cl)c2n2nnnc12. The lowest BCUT2D eigenvalue weighted by atomic mass is 10.1. The van der Waals surface area contributed by atoms with Crippen molar-refractivity contribution in [1.29, 1.82) is 0 Å². The van der Waals surface area contributed by atoms with E-state index in [1.165, 1.54) is 13.5 Å². The van der Waals surface area contributed by atoms with E-state index < -0.39 is 17.7 Å². The number of amides is 3. The fourth-order valence-corrected chi connectivity index (χ4v) is 6.91. The number of hydrogen-bond donors (Lipinski definition) is 3. The van der Waals surface area contributed by atoms with Crippen LogP contribution in [0.25, 0.3) is 49.7 Å². The summed E-state index contributed by atoms with van der Waals surface area (Å²) in [5, 5.41) is 38.1. The minimum absolute atomic E-state index is 0.129. The first-order valence-electron chi connectivity index (χ1n) is 19.6. The summed E-state index contributed by atoms with van der Waals surface area (Å²) in [6.45, 7) is 10.4. The first kappa shape index (κ1) is 45.3. The smallest absolute Gasteiger partial charge is 0.273 e. The van der Waals surface area contributed by atoms with Crippen molar-refractivity contribution in [3.8, 4) is 0 Å². The highest BCUT2D eigenvalue weighted by Crippen LogP contribution is 2.28. The maximum atomic E-state index is 12.3. The normalized spacial score (nSPS) is 11.3. The standard InChI is InChI=1S/C14H14ClN5O2.2C13H12ClN5O2/c1-8(2)7-22-17-14(21)10-6-9-4-3-5-11(15)12(9)20-13(10)16-18-19-20;1-7(2)21-16-13(20)9-6-8-4-3-5-10(14)11(8)19-12(9)15-17-18-19;1-2-6-21-16-13(20)9-7-8-4-3-5-10(14)11(8)19-12(9)15-17-18-19/h3-6,8H,7H2,1-2H3,(H,17,21);3-7H,1-2H3,(H,16,20);3-5,7H,2,6H2,1H3,(H,16,20). The van der Waals surface area contributed by atoms with Gasteiger partial charge in [-0.25, -0.2) is 16.4 Å². The quantitative estimate of drug-likeness (QED) is 0.0959. The molecule has 0 unspecified atom stereocenters. The van der Waals surface area contributed by atoms with E-state index >= 15 is 0 Å². The summed E-state index contributed by atoms with van der Waals surface area (Å²) in [7, 11) is 0. The summed E-state index contributed by atoms with van der Waals surface area (Å²) >= 11 is 18.6. The maximum absolute atomic E-state index is 12.3. The topological polar surface area (TPSA) is 244 Å². The van der Waals surface area contributed by atoms with E-state index in [9.17, 15) is 14.4 Å². The van der Waals surface area contributed by atoms with E-state index in [4.69, 9.17) is 49.3 Å². The van der Waals surface area contributed by atoms with E-state index in [0.717, 1.165) is 22.6 Å². The number of halogens is 3. The van der Waals surface area contributed by atoms with Crippen LogP contribution in [0.1, 0.15) is 72.1 Å². The third kappa shape index (κ3) is 9.73. The zero-order valence-electron chi connectivity index (χ0n) is 34.7. The van der Waals surface area contributed by atoms with Crippen LogP contribution in [0.15, 0.2) is 72.8 Å². The van der Waals surface area contributed by atoms with Crippen LogP contribution in [0.4, 0.5) is 0 Å². The van der Waals surface area contributed by atoms with E-state index in [2.05, 4.69) is 63.0 Å². The summed E-state index contributed by atoms with van der Waals surface area (Å²) in [5.74, 6) is -0.900. The molecule has 3 aromatic carbocycles. The van der Waals surface area contributed by atoms with E-state index in [1.54, 1.807) is 54.6 Å². The predicted molar refractivity (Wildman–Crippen MR) is 236 cm³/mol. The van der Waals surface area contributed by atoms with Gasteiger partial charge in [0.1, 0.15) is 0 Å². The Bertz CT molecular complexity index is 3160. The monoisotopic (exact) mass is 929 g/mol. The minimum atomic E-state index is -0.412. The zero-order valence-corrected chi connectivity index (χ0v) is 36.9. The Labute approximate surface area is 377 Å². The van der Waals surface area contributed by atoms with Crippen molar-refractivity contribution >= 4 is 102 Å². The largest absolute Gasteiger partial charge is 0.278 e. The number of carbonyl (C=O) groups is 3. The average molecular weight is 931 g/mol. The van der Waals surface area contributed by atoms with E-state index in [-0.39, 0.29) is 6.10 Å². The number of fused-ring (bicyclic) bond motifs is 9. The van der Waals surface area contributed by atoms with Gasteiger partial charge in [0.2, 0.25) is 0 Å². The Hall–Kier alpha value is -6.75. The fraction of sp³-hybridized carbons (Fsp3) is 0.250. The fourth-order valence-electron chi connectivity index (χ4n) is 6.12. The number of nitrogens with zero attached hydrogens (tertiary/aromatic N) is 12. The molecular weight excluding hydrogens is 893 g/mol. The molecule has 0 aliphatic rings. The third-order valence-corrected chi connectivity index (χ3v) is 9.81. The lowest BCUT2D eigenvalue weighted by molar-refractivity contribution is 0.000271. The Kier molecular flexibility index (Phi) is 14.3. The summed E-state index contributed by atoms with van der Waals surface area (Å²) in [4.78, 5) is 52.0. The van der Waals surface area contributed by atoms with Crippen molar-refractivity contribution in [3.05, 3.63) is 105 Å². The summed E-state index contributed by atoms with van der Waals surface area (Å²) in [6.07, 6.45) is 0.672. The summed E-state index contributed by atoms with van der Waals surface area (Å²) < 4.78 is 4.35. The number of hydroxylamine groups is 3. The lowest BCUT2D eigenvalue weighted by Crippen LogP contribution is -2.27. The van der Waals surface area contributed by atoms with Crippen molar-refractivity contribution in [2.45, 2.75) is 47.1 Å². The second kappa shape index (κ2) is 20.2. The van der Waals surface area contributed by atoms with Gasteiger partial charge in [-0.1, -0.05) is 92.0 Å². The van der Waals surface area contributed by atoms with Gasteiger partial charge in [-0.3, -0.25) is 28.9 Å². The Morgan fingerprint density at radius 2 is 0.953 bits per heavy atom.